The van der Waals surface area contributed by atoms with Crippen LogP contribution in [0.25, 0.3) is 5.82 Å². The second kappa shape index (κ2) is 6.92. The molecule has 0 aliphatic carbocycles. The molecule has 0 saturated carbocycles. The summed E-state index contributed by atoms with van der Waals surface area (Å²) in [6.07, 6.45) is 0.962. The fraction of sp³-hybridized carbons (Fsp3) is 0.462. The Kier molecular flexibility index (Phi) is 5.16. The minimum absolute atomic E-state index is 0.154. The third-order valence-corrected chi connectivity index (χ3v) is 4.50. The molecular formula is C13H20N6O3S. The van der Waals surface area contributed by atoms with Crippen molar-refractivity contribution in [3.8, 4) is 5.82 Å². The van der Waals surface area contributed by atoms with Crippen LogP contribution in [0.15, 0.2) is 18.5 Å². The van der Waals surface area contributed by atoms with Gasteiger partial charge in [0.25, 0.3) is 0 Å². The van der Waals surface area contributed by atoms with E-state index in [1.54, 1.807) is 33.0 Å². The number of nitrogens with one attached hydrogen (secondary N) is 2. The van der Waals surface area contributed by atoms with Crippen LogP contribution in [0.5, 0.6) is 0 Å². The molecule has 10 heteroatoms. The molecule has 0 radical (unpaired) electrons. The maximum atomic E-state index is 12.2. The van der Waals surface area contributed by atoms with Crippen molar-refractivity contribution in [1.82, 2.24) is 19.7 Å². The van der Waals surface area contributed by atoms with E-state index in [-0.39, 0.29) is 5.75 Å². The number of hydrogen-bond donors (Lipinski definition) is 2. The van der Waals surface area contributed by atoms with Crippen LogP contribution in [0.3, 0.4) is 0 Å². The van der Waals surface area contributed by atoms with Gasteiger partial charge in [-0.1, -0.05) is 0 Å². The van der Waals surface area contributed by atoms with E-state index in [2.05, 4.69) is 25.1 Å². The van der Waals surface area contributed by atoms with Gasteiger partial charge in [0.1, 0.15) is 18.0 Å². The number of sulfonamides is 1. The molecule has 2 aromatic heterocycles. The molecule has 0 aromatic carbocycles. The molecular weight excluding hydrogens is 320 g/mol. The lowest BCUT2D eigenvalue weighted by atomic mass is 10.5. The van der Waals surface area contributed by atoms with Crippen molar-refractivity contribution in [2.24, 2.45) is 0 Å². The first-order valence-corrected chi connectivity index (χ1v) is 8.60. The first-order chi connectivity index (χ1) is 10.8. The summed E-state index contributed by atoms with van der Waals surface area (Å²) in [5, 5.41) is 7.18. The maximum absolute atomic E-state index is 12.2. The summed E-state index contributed by atoms with van der Waals surface area (Å²) in [6.45, 7) is 3.46. The molecule has 2 N–H and O–H groups in total. The number of aryl methyl sites for hydroxylation is 1. The topological polar surface area (TPSA) is 111 Å². The zero-order valence-electron chi connectivity index (χ0n) is 13.4. The van der Waals surface area contributed by atoms with E-state index in [1.807, 2.05) is 0 Å². The fourth-order valence-electron chi connectivity index (χ4n) is 1.92. The summed E-state index contributed by atoms with van der Waals surface area (Å²) >= 11 is 0. The first kappa shape index (κ1) is 17.2. The Hall–Kier alpha value is -2.20. The molecule has 2 rings (SSSR count). The van der Waals surface area contributed by atoms with Crippen molar-refractivity contribution < 1.29 is 13.2 Å². The highest BCUT2D eigenvalue weighted by atomic mass is 32.2. The number of nitrogens with zero attached hydrogens (tertiary/aromatic N) is 4. The highest BCUT2D eigenvalue weighted by Crippen LogP contribution is 2.18. The molecule has 23 heavy (non-hydrogen) atoms. The highest BCUT2D eigenvalue weighted by Gasteiger charge is 2.19. The average molecular weight is 340 g/mol. The van der Waals surface area contributed by atoms with Crippen LogP contribution in [-0.2, 0) is 14.8 Å². The Balaban J connectivity index is 2.34. The van der Waals surface area contributed by atoms with Crippen LogP contribution in [0.1, 0.15) is 12.6 Å². The van der Waals surface area contributed by atoms with Gasteiger partial charge in [0, 0.05) is 26.3 Å². The second-order valence-electron chi connectivity index (χ2n) is 5.02. The van der Waals surface area contributed by atoms with Gasteiger partial charge in [-0.3, -0.25) is 4.72 Å². The van der Waals surface area contributed by atoms with E-state index in [1.165, 1.54) is 18.1 Å². The molecule has 0 aliphatic rings. The van der Waals surface area contributed by atoms with Crippen molar-refractivity contribution in [3.63, 3.8) is 0 Å². The molecule has 0 spiro atoms. The standard InChI is InChI=1S/C13H20N6O3S/c1-9-5-13(18-23(20,21)7-10(2)22-4)19(17-9)12-6-11(14-3)15-8-16-12/h5-6,8,10,18H,7H2,1-4H3,(H,14,15,16). The van der Waals surface area contributed by atoms with Gasteiger partial charge >= 0.3 is 0 Å². The predicted molar refractivity (Wildman–Crippen MR) is 87.3 cm³/mol. The van der Waals surface area contributed by atoms with Crippen molar-refractivity contribution in [3.05, 3.63) is 24.2 Å². The van der Waals surface area contributed by atoms with Crippen molar-refractivity contribution in [2.45, 2.75) is 20.0 Å². The van der Waals surface area contributed by atoms with Crippen molar-refractivity contribution in [1.29, 1.82) is 0 Å². The monoisotopic (exact) mass is 340 g/mol. The zero-order valence-corrected chi connectivity index (χ0v) is 14.3. The number of ether oxygens (including phenoxy) is 1. The van der Waals surface area contributed by atoms with Crippen LogP contribution >= 0.6 is 0 Å². The van der Waals surface area contributed by atoms with E-state index in [4.69, 9.17) is 4.74 Å². The SMILES string of the molecule is CNc1cc(-n2nc(C)cc2NS(=O)(=O)CC(C)OC)ncn1. The first-order valence-electron chi connectivity index (χ1n) is 6.94. The van der Waals surface area contributed by atoms with Gasteiger partial charge in [-0.15, -0.1) is 0 Å². The third kappa shape index (κ3) is 4.39. The van der Waals surface area contributed by atoms with Gasteiger partial charge in [-0.05, 0) is 13.8 Å². The largest absolute Gasteiger partial charge is 0.381 e. The molecule has 0 aliphatic heterocycles. The molecule has 0 amide bonds. The van der Waals surface area contributed by atoms with Gasteiger partial charge in [0.05, 0.1) is 17.6 Å². The lowest BCUT2D eigenvalue weighted by Crippen LogP contribution is -2.26. The molecule has 0 bridgehead atoms. The van der Waals surface area contributed by atoms with E-state index in [0.29, 0.717) is 23.1 Å². The second-order valence-corrected chi connectivity index (χ2v) is 6.79. The van der Waals surface area contributed by atoms with Crippen LogP contribution in [0.2, 0.25) is 0 Å². The van der Waals surface area contributed by atoms with Crippen molar-refractivity contribution >= 4 is 21.7 Å². The molecule has 126 valence electrons. The summed E-state index contributed by atoms with van der Waals surface area (Å²) in [5.41, 5.74) is 0.659. The lowest BCUT2D eigenvalue weighted by molar-refractivity contribution is 0.136. The Labute approximate surface area is 135 Å². The van der Waals surface area contributed by atoms with Gasteiger partial charge in [-0.2, -0.15) is 9.78 Å². The van der Waals surface area contributed by atoms with Crippen LogP contribution < -0.4 is 10.0 Å². The number of methoxy groups -OCH3 is 1. The summed E-state index contributed by atoms with van der Waals surface area (Å²) in [7, 11) is -0.374. The Morgan fingerprint density at radius 3 is 2.74 bits per heavy atom. The van der Waals surface area contributed by atoms with Gasteiger partial charge in [-0.25, -0.2) is 18.4 Å². The molecule has 9 nitrogen and oxygen atoms in total. The molecule has 2 heterocycles. The lowest BCUT2D eigenvalue weighted by Gasteiger charge is -2.13. The van der Waals surface area contributed by atoms with E-state index in [9.17, 15) is 8.42 Å². The summed E-state index contributed by atoms with van der Waals surface area (Å²) in [4.78, 5) is 8.15. The van der Waals surface area contributed by atoms with Gasteiger partial charge in [0.15, 0.2) is 5.82 Å². The molecule has 0 saturated heterocycles. The third-order valence-electron chi connectivity index (χ3n) is 3.07. The maximum Gasteiger partial charge on any atom is 0.236 e. The summed E-state index contributed by atoms with van der Waals surface area (Å²) in [6, 6.07) is 3.30. The highest BCUT2D eigenvalue weighted by molar-refractivity contribution is 7.92. The number of hydrogen-bond acceptors (Lipinski definition) is 7. The zero-order chi connectivity index (χ0) is 17.0. The number of anilines is 2. The van der Waals surface area contributed by atoms with Crippen LogP contribution in [0.4, 0.5) is 11.6 Å². The van der Waals surface area contributed by atoms with Crippen LogP contribution in [0, 0.1) is 6.92 Å². The Morgan fingerprint density at radius 1 is 1.35 bits per heavy atom. The minimum Gasteiger partial charge on any atom is -0.381 e. The van der Waals surface area contributed by atoms with Crippen LogP contribution in [-0.4, -0.2) is 54.2 Å². The summed E-state index contributed by atoms with van der Waals surface area (Å²) < 4.78 is 33.4. The van der Waals surface area contributed by atoms with E-state index >= 15 is 0 Å². The molecule has 1 unspecified atom stereocenters. The number of rotatable bonds is 7. The smallest absolute Gasteiger partial charge is 0.236 e. The quantitative estimate of drug-likeness (QED) is 0.766. The Bertz CT molecular complexity index is 774. The molecule has 2 aromatic rings. The molecule has 1 atom stereocenters. The predicted octanol–water partition coefficient (Wildman–Crippen LogP) is 0.789. The summed E-state index contributed by atoms with van der Waals surface area (Å²) in [5.74, 6) is 1.21. The number of aromatic nitrogens is 4. The molecule has 0 fully saturated rings. The van der Waals surface area contributed by atoms with E-state index < -0.39 is 16.1 Å². The minimum atomic E-state index is -3.57. The van der Waals surface area contributed by atoms with Gasteiger partial charge < -0.3 is 10.1 Å². The fourth-order valence-corrected chi connectivity index (χ4v) is 3.23. The van der Waals surface area contributed by atoms with E-state index in [0.717, 1.165) is 0 Å². The Morgan fingerprint density at radius 2 is 2.09 bits per heavy atom. The van der Waals surface area contributed by atoms with Gasteiger partial charge in [0.2, 0.25) is 10.0 Å². The normalized spacial score (nSPS) is 12.9. The van der Waals surface area contributed by atoms with Crippen molar-refractivity contribution in [2.75, 3.05) is 29.9 Å². The average Bonchev–Trinajstić information content (AvgIpc) is 2.86.